The number of aromatic hydroxyl groups is 1. The van der Waals surface area contributed by atoms with E-state index in [1.54, 1.807) is 29.4 Å². The molecule has 0 saturated heterocycles. The fraction of sp³-hybridized carbons (Fsp3) is 0.105. The molecule has 0 bridgehead atoms. The van der Waals surface area contributed by atoms with Gasteiger partial charge in [-0.25, -0.2) is 14.1 Å². The van der Waals surface area contributed by atoms with Crippen molar-refractivity contribution in [3.63, 3.8) is 0 Å². The number of phenols is 1. The van der Waals surface area contributed by atoms with Crippen LogP contribution in [0.5, 0.6) is 11.5 Å². The summed E-state index contributed by atoms with van der Waals surface area (Å²) >= 11 is 0. The van der Waals surface area contributed by atoms with Crippen molar-refractivity contribution in [1.29, 1.82) is 0 Å². The zero-order valence-corrected chi connectivity index (χ0v) is 13.9. The van der Waals surface area contributed by atoms with E-state index < -0.39 is 11.6 Å². The van der Waals surface area contributed by atoms with Crippen LogP contribution in [0.2, 0.25) is 0 Å². The second-order valence-corrected chi connectivity index (χ2v) is 5.71. The summed E-state index contributed by atoms with van der Waals surface area (Å²) in [6.45, 7) is 0.617. The van der Waals surface area contributed by atoms with Gasteiger partial charge in [-0.3, -0.25) is 4.99 Å². The average Bonchev–Trinajstić information content (AvgIpc) is 3.36. The zero-order valence-electron chi connectivity index (χ0n) is 13.9. The minimum Gasteiger partial charge on any atom is -0.502 e. The van der Waals surface area contributed by atoms with Crippen LogP contribution < -0.4 is 4.74 Å². The highest BCUT2D eigenvalue weighted by Gasteiger charge is 2.13. The quantitative estimate of drug-likeness (QED) is 0.785. The van der Waals surface area contributed by atoms with Gasteiger partial charge in [-0.1, -0.05) is 0 Å². The van der Waals surface area contributed by atoms with Crippen LogP contribution in [0.1, 0.15) is 5.56 Å². The number of nitrogens with zero attached hydrogens (tertiary/aromatic N) is 4. The minimum atomic E-state index is -0.741. The largest absolute Gasteiger partial charge is 0.502 e. The minimum absolute atomic E-state index is 0.0787. The second-order valence-electron chi connectivity index (χ2n) is 5.71. The van der Waals surface area contributed by atoms with Crippen LogP contribution in [0.4, 0.5) is 4.39 Å². The van der Waals surface area contributed by atoms with Crippen molar-refractivity contribution in [2.45, 2.75) is 0 Å². The van der Waals surface area contributed by atoms with E-state index in [-0.39, 0.29) is 5.75 Å². The number of hydrogen-bond donors (Lipinski definition) is 1. The topological polar surface area (TPSA) is 72.0 Å². The Bertz CT molecular complexity index is 1020. The Labute approximate surface area is 148 Å². The van der Waals surface area contributed by atoms with Crippen molar-refractivity contribution in [2.75, 3.05) is 13.7 Å². The number of methoxy groups -OCH3 is 1. The molecule has 0 amide bonds. The number of halogens is 1. The lowest BCUT2D eigenvalue weighted by Gasteiger charge is -2.06. The van der Waals surface area contributed by atoms with Crippen molar-refractivity contribution >= 4 is 12.1 Å². The molecule has 0 radical (unpaired) electrons. The van der Waals surface area contributed by atoms with E-state index >= 15 is 0 Å². The fourth-order valence-corrected chi connectivity index (χ4v) is 2.73. The number of rotatable bonds is 4. The van der Waals surface area contributed by atoms with Crippen LogP contribution in [0.15, 0.2) is 58.8 Å². The monoisotopic (exact) mass is 350 g/mol. The number of hydrogen-bond acceptors (Lipinski definition) is 5. The van der Waals surface area contributed by atoms with Gasteiger partial charge < -0.3 is 9.84 Å². The Hall–Kier alpha value is -3.48. The summed E-state index contributed by atoms with van der Waals surface area (Å²) in [6, 6.07) is 10.5. The van der Waals surface area contributed by atoms with Crippen molar-refractivity contribution in [3.05, 3.63) is 60.2 Å². The van der Waals surface area contributed by atoms with Crippen LogP contribution in [0, 0.1) is 5.82 Å². The van der Waals surface area contributed by atoms with E-state index in [0.717, 1.165) is 17.1 Å². The summed E-state index contributed by atoms with van der Waals surface area (Å²) < 4.78 is 20.5. The first-order chi connectivity index (χ1) is 12.7. The predicted molar refractivity (Wildman–Crippen MR) is 97.1 cm³/mol. The molecule has 1 N–H and O–H groups in total. The van der Waals surface area contributed by atoms with Gasteiger partial charge in [0.05, 0.1) is 25.5 Å². The van der Waals surface area contributed by atoms with Crippen LogP contribution in [-0.4, -0.2) is 40.6 Å². The summed E-state index contributed by atoms with van der Waals surface area (Å²) in [5.41, 5.74) is 3.07. The highest BCUT2D eigenvalue weighted by molar-refractivity contribution is 6.06. The van der Waals surface area contributed by atoms with Crippen molar-refractivity contribution in [1.82, 2.24) is 9.78 Å². The standard InChI is InChI=1S/C19H15FN4O2/c1-26-17-9-13(8-16(20)18(17)25)14-10-23-24(11-14)15-4-2-12(3-5-15)19-21-6-7-22-19/h2-6,8-11,25H,7H2,1H3. The summed E-state index contributed by atoms with van der Waals surface area (Å²) in [7, 11) is 1.38. The van der Waals surface area contributed by atoms with E-state index in [1.165, 1.54) is 13.2 Å². The first-order valence-electron chi connectivity index (χ1n) is 7.95. The molecule has 4 rings (SSSR count). The molecular weight excluding hydrogens is 335 g/mol. The molecule has 1 aliphatic heterocycles. The maximum Gasteiger partial charge on any atom is 0.194 e. The highest BCUT2D eigenvalue weighted by atomic mass is 19.1. The third kappa shape index (κ3) is 2.83. The Balaban J connectivity index is 1.64. The number of aliphatic imine (C=N–C) groups is 2. The number of aromatic nitrogens is 2. The van der Waals surface area contributed by atoms with Gasteiger partial charge in [0.15, 0.2) is 23.2 Å². The molecule has 0 saturated carbocycles. The fourth-order valence-electron chi connectivity index (χ4n) is 2.73. The third-order valence-electron chi connectivity index (χ3n) is 4.09. The SMILES string of the molecule is COc1cc(-c2cnn(-c3ccc(C4=NCC=N4)cc3)c2)cc(F)c1O. The van der Waals surface area contributed by atoms with Gasteiger partial charge in [0.25, 0.3) is 0 Å². The van der Waals surface area contributed by atoms with Crippen molar-refractivity contribution in [3.8, 4) is 28.3 Å². The molecule has 1 aromatic heterocycles. The van der Waals surface area contributed by atoms with Crippen molar-refractivity contribution < 1.29 is 14.2 Å². The average molecular weight is 350 g/mol. The van der Waals surface area contributed by atoms with E-state index in [2.05, 4.69) is 15.1 Å². The Morgan fingerprint density at radius 1 is 1.12 bits per heavy atom. The molecule has 0 atom stereocenters. The van der Waals surface area contributed by atoms with E-state index in [4.69, 9.17) is 4.74 Å². The maximum absolute atomic E-state index is 13.9. The summed E-state index contributed by atoms with van der Waals surface area (Å²) in [6.07, 6.45) is 5.18. The lowest BCUT2D eigenvalue weighted by molar-refractivity contribution is 0.357. The van der Waals surface area contributed by atoms with E-state index in [1.807, 2.05) is 24.3 Å². The molecule has 0 aliphatic carbocycles. The van der Waals surface area contributed by atoms with Gasteiger partial charge in [0.2, 0.25) is 0 Å². The van der Waals surface area contributed by atoms with Crippen LogP contribution in [-0.2, 0) is 0 Å². The third-order valence-corrected chi connectivity index (χ3v) is 4.09. The number of phenolic OH excluding ortho intramolecular Hbond substituents is 1. The summed E-state index contributed by atoms with van der Waals surface area (Å²) in [5.74, 6) is -0.439. The lowest BCUT2D eigenvalue weighted by Crippen LogP contribution is -1.97. The summed E-state index contributed by atoms with van der Waals surface area (Å²) in [5, 5.41) is 14.0. The zero-order chi connectivity index (χ0) is 18.1. The predicted octanol–water partition coefficient (Wildman–Crippen LogP) is 3.22. The molecule has 130 valence electrons. The van der Waals surface area contributed by atoms with Crippen LogP contribution >= 0.6 is 0 Å². The molecule has 26 heavy (non-hydrogen) atoms. The molecule has 7 heteroatoms. The number of ether oxygens (including phenoxy) is 1. The highest BCUT2D eigenvalue weighted by Crippen LogP contribution is 2.34. The molecule has 3 aromatic rings. The number of amidine groups is 1. The summed E-state index contributed by atoms with van der Waals surface area (Å²) in [4.78, 5) is 8.51. The molecular formula is C19H15FN4O2. The van der Waals surface area contributed by atoms with E-state index in [9.17, 15) is 9.50 Å². The maximum atomic E-state index is 13.9. The molecule has 1 aliphatic rings. The molecule has 0 fully saturated rings. The molecule has 2 heterocycles. The Morgan fingerprint density at radius 3 is 2.62 bits per heavy atom. The Morgan fingerprint density at radius 2 is 1.92 bits per heavy atom. The molecule has 0 unspecified atom stereocenters. The molecule has 6 nitrogen and oxygen atoms in total. The van der Waals surface area contributed by atoms with Gasteiger partial charge in [-0.15, -0.1) is 0 Å². The second kappa shape index (κ2) is 6.44. The van der Waals surface area contributed by atoms with Gasteiger partial charge in [-0.2, -0.15) is 5.10 Å². The van der Waals surface area contributed by atoms with Gasteiger partial charge in [-0.05, 0) is 42.0 Å². The van der Waals surface area contributed by atoms with Gasteiger partial charge in [0, 0.05) is 23.5 Å². The number of benzene rings is 2. The molecule has 2 aromatic carbocycles. The lowest BCUT2D eigenvalue weighted by atomic mass is 10.1. The first kappa shape index (κ1) is 16.0. The van der Waals surface area contributed by atoms with Crippen LogP contribution in [0.3, 0.4) is 0 Å². The van der Waals surface area contributed by atoms with Gasteiger partial charge >= 0.3 is 0 Å². The smallest absolute Gasteiger partial charge is 0.194 e. The van der Waals surface area contributed by atoms with Crippen molar-refractivity contribution in [2.24, 2.45) is 9.98 Å². The van der Waals surface area contributed by atoms with Gasteiger partial charge in [0.1, 0.15) is 0 Å². The Kier molecular flexibility index (Phi) is 3.96. The normalized spacial score (nSPS) is 13.1. The molecule has 0 spiro atoms. The van der Waals surface area contributed by atoms with Crippen LogP contribution in [0.25, 0.3) is 16.8 Å². The van der Waals surface area contributed by atoms with E-state index in [0.29, 0.717) is 17.7 Å². The first-order valence-corrected chi connectivity index (χ1v) is 7.95.